The molecule has 1 spiro atoms. The summed E-state index contributed by atoms with van der Waals surface area (Å²) in [6.07, 6.45) is 4.46. The van der Waals surface area contributed by atoms with Crippen molar-refractivity contribution in [1.82, 2.24) is 24.7 Å². The molecule has 0 radical (unpaired) electrons. The zero-order valence-corrected chi connectivity index (χ0v) is 20.4. The summed E-state index contributed by atoms with van der Waals surface area (Å²) in [5.41, 5.74) is 4.32. The lowest BCUT2D eigenvalue weighted by Crippen LogP contribution is -2.37. The van der Waals surface area contributed by atoms with Crippen LogP contribution in [-0.4, -0.2) is 42.9 Å². The van der Waals surface area contributed by atoms with Crippen molar-refractivity contribution in [2.24, 2.45) is 11.3 Å². The third kappa shape index (κ3) is 3.74. The van der Waals surface area contributed by atoms with Crippen LogP contribution in [-0.2, 0) is 0 Å². The molecule has 1 saturated carbocycles. The lowest BCUT2D eigenvalue weighted by atomic mass is 9.63. The van der Waals surface area contributed by atoms with Crippen molar-refractivity contribution in [3.8, 4) is 11.9 Å². The fourth-order valence-electron chi connectivity index (χ4n) is 5.49. The predicted molar refractivity (Wildman–Crippen MR) is 137 cm³/mol. The van der Waals surface area contributed by atoms with E-state index in [9.17, 15) is 10.4 Å². The number of aliphatic hydroxyl groups is 1. The quantitative estimate of drug-likeness (QED) is 0.431. The number of fused-ring (bicyclic) bond motifs is 1. The van der Waals surface area contributed by atoms with E-state index in [1.807, 2.05) is 54.0 Å². The summed E-state index contributed by atoms with van der Waals surface area (Å²) < 4.78 is 1.96. The summed E-state index contributed by atoms with van der Waals surface area (Å²) in [6, 6.07) is 16.1. The molecule has 9 heteroatoms. The first kappa shape index (κ1) is 22.4. The Morgan fingerprint density at radius 3 is 2.69 bits per heavy atom. The number of nitrogens with zero attached hydrogens (tertiary/aromatic N) is 7. The van der Waals surface area contributed by atoms with Gasteiger partial charge in [0.15, 0.2) is 5.82 Å². The first-order valence-corrected chi connectivity index (χ1v) is 12.3. The number of aryl methyl sites for hydroxylation is 1. The zero-order chi connectivity index (χ0) is 24.9. The third-order valence-corrected chi connectivity index (χ3v) is 7.66. The Morgan fingerprint density at radius 1 is 1.17 bits per heavy atom. The number of aromatic nitrogens is 5. The summed E-state index contributed by atoms with van der Waals surface area (Å²) in [5, 5.41) is 31.8. The largest absolute Gasteiger partial charge is 0.389 e. The van der Waals surface area contributed by atoms with Gasteiger partial charge < -0.3 is 15.3 Å². The SMILES string of the molecule is Cc1ccc(Nc2ccc3c(c2)ncn3-c2ccc(C(C)O)c(N3CC(C#N)C4(CCC4)C3)n2)nn1. The van der Waals surface area contributed by atoms with E-state index in [-0.39, 0.29) is 11.3 Å². The predicted octanol–water partition coefficient (Wildman–Crippen LogP) is 4.45. The number of hydrogen-bond donors (Lipinski definition) is 2. The Labute approximate surface area is 209 Å². The van der Waals surface area contributed by atoms with Gasteiger partial charge >= 0.3 is 0 Å². The molecule has 0 bridgehead atoms. The van der Waals surface area contributed by atoms with Crippen molar-refractivity contribution in [2.45, 2.75) is 39.2 Å². The van der Waals surface area contributed by atoms with Crippen molar-refractivity contribution in [3.05, 3.63) is 60.0 Å². The lowest BCUT2D eigenvalue weighted by Gasteiger charge is -2.40. The van der Waals surface area contributed by atoms with Gasteiger partial charge in [-0.05, 0) is 69.2 Å². The normalized spacial score (nSPS) is 19.3. The molecule has 0 amide bonds. The second-order valence-corrected chi connectivity index (χ2v) is 10.0. The topological polar surface area (TPSA) is 116 Å². The molecule has 2 unspecified atom stereocenters. The number of hydrogen-bond acceptors (Lipinski definition) is 8. The van der Waals surface area contributed by atoms with Crippen molar-refractivity contribution in [1.29, 1.82) is 5.26 Å². The van der Waals surface area contributed by atoms with Gasteiger partial charge in [0.1, 0.15) is 18.0 Å². The minimum absolute atomic E-state index is 0.00299. The lowest BCUT2D eigenvalue weighted by molar-refractivity contribution is 0.128. The highest BCUT2D eigenvalue weighted by Crippen LogP contribution is 2.52. The Balaban J connectivity index is 1.33. The molecule has 4 heterocycles. The molecule has 1 aliphatic heterocycles. The highest BCUT2D eigenvalue weighted by atomic mass is 16.3. The average Bonchev–Trinajstić information content (AvgIpc) is 3.47. The van der Waals surface area contributed by atoms with Crippen LogP contribution in [0.25, 0.3) is 16.9 Å². The number of anilines is 3. The van der Waals surface area contributed by atoms with E-state index < -0.39 is 6.10 Å². The van der Waals surface area contributed by atoms with Crippen LogP contribution in [0.1, 0.15) is 43.5 Å². The molecule has 36 heavy (non-hydrogen) atoms. The second kappa shape index (κ2) is 8.57. The van der Waals surface area contributed by atoms with Gasteiger partial charge in [-0.25, -0.2) is 9.97 Å². The van der Waals surface area contributed by atoms with Gasteiger partial charge in [0.05, 0.1) is 34.8 Å². The van der Waals surface area contributed by atoms with Crippen LogP contribution in [0.15, 0.2) is 48.8 Å². The van der Waals surface area contributed by atoms with Crippen LogP contribution < -0.4 is 10.2 Å². The summed E-state index contributed by atoms with van der Waals surface area (Å²) in [4.78, 5) is 11.8. The first-order valence-electron chi connectivity index (χ1n) is 12.3. The molecule has 4 aromatic rings. The van der Waals surface area contributed by atoms with Gasteiger partial charge in [-0.1, -0.05) is 6.42 Å². The van der Waals surface area contributed by atoms with E-state index in [2.05, 4.69) is 31.5 Å². The molecule has 3 aromatic heterocycles. The maximum atomic E-state index is 10.5. The number of benzene rings is 1. The van der Waals surface area contributed by atoms with Crippen LogP contribution in [0.3, 0.4) is 0 Å². The molecular formula is C27H28N8O. The number of pyridine rings is 1. The molecule has 1 aliphatic carbocycles. The van der Waals surface area contributed by atoms with E-state index in [0.717, 1.165) is 59.0 Å². The Kier molecular flexibility index (Phi) is 5.34. The minimum atomic E-state index is -0.655. The van der Waals surface area contributed by atoms with Crippen LogP contribution >= 0.6 is 0 Å². The molecule has 2 aliphatic rings. The Morgan fingerprint density at radius 2 is 2.03 bits per heavy atom. The smallest absolute Gasteiger partial charge is 0.153 e. The van der Waals surface area contributed by atoms with E-state index in [1.165, 1.54) is 6.42 Å². The van der Waals surface area contributed by atoms with Crippen molar-refractivity contribution in [3.63, 3.8) is 0 Å². The summed E-state index contributed by atoms with van der Waals surface area (Å²) in [7, 11) is 0. The molecule has 182 valence electrons. The maximum absolute atomic E-state index is 10.5. The summed E-state index contributed by atoms with van der Waals surface area (Å²) >= 11 is 0. The number of imidazole rings is 1. The van der Waals surface area contributed by atoms with Gasteiger partial charge in [0, 0.05) is 29.8 Å². The van der Waals surface area contributed by atoms with E-state index >= 15 is 0 Å². The van der Waals surface area contributed by atoms with Gasteiger partial charge in [-0.2, -0.15) is 10.4 Å². The highest BCUT2D eigenvalue weighted by molar-refractivity contribution is 5.82. The summed E-state index contributed by atoms with van der Waals surface area (Å²) in [6.45, 7) is 5.12. The molecule has 1 aromatic carbocycles. The first-order chi connectivity index (χ1) is 17.5. The van der Waals surface area contributed by atoms with Crippen molar-refractivity contribution < 1.29 is 5.11 Å². The molecule has 6 rings (SSSR count). The second-order valence-electron chi connectivity index (χ2n) is 10.0. The molecule has 2 N–H and O–H groups in total. The fraction of sp³-hybridized carbons (Fsp3) is 0.370. The standard InChI is InChI=1S/C27H28N8O/c1-17-4-8-24(33-32-17)30-20-5-7-23-22(12-20)29-16-35(23)25-9-6-21(18(2)36)26(31-25)34-14-19(13-28)27(15-34)10-3-11-27/h4-9,12,16,18-19,36H,3,10-11,14-15H2,1-2H3,(H,30,33). The maximum Gasteiger partial charge on any atom is 0.153 e. The van der Waals surface area contributed by atoms with Gasteiger partial charge in [-0.3, -0.25) is 4.57 Å². The minimum Gasteiger partial charge on any atom is -0.389 e. The molecule has 2 atom stereocenters. The van der Waals surface area contributed by atoms with Crippen LogP contribution in [0.2, 0.25) is 0 Å². The van der Waals surface area contributed by atoms with E-state index in [1.54, 1.807) is 13.3 Å². The van der Waals surface area contributed by atoms with E-state index in [4.69, 9.17) is 4.98 Å². The van der Waals surface area contributed by atoms with Crippen LogP contribution in [0.4, 0.5) is 17.3 Å². The summed E-state index contributed by atoms with van der Waals surface area (Å²) in [5.74, 6) is 2.15. The van der Waals surface area contributed by atoms with Crippen LogP contribution in [0, 0.1) is 29.6 Å². The van der Waals surface area contributed by atoms with Gasteiger partial charge in [-0.15, -0.1) is 5.10 Å². The van der Waals surface area contributed by atoms with E-state index in [0.29, 0.717) is 12.4 Å². The zero-order valence-electron chi connectivity index (χ0n) is 20.4. The van der Waals surface area contributed by atoms with Crippen molar-refractivity contribution >= 4 is 28.4 Å². The highest BCUT2D eigenvalue weighted by Gasteiger charge is 2.51. The molecule has 1 saturated heterocycles. The monoisotopic (exact) mass is 480 g/mol. The Bertz CT molecular complexity index is 1470. The molecular weight excluding hydrogens is 452 g/mol. The number of rotatable bonds is 5. The third-order valence-electron chi connectivity index (χ3n) is 7.66. The van der Waals surface area contributed by atoms with Gasteiger partial charge in [0.25, 0.3) is 0 Å². The van der Waals surface area contributed by atoms with Gasteiger partial charge in [0.2, 0.25) is 0 Å². The number of aliphatic hydroxyl groups excluding tert-OH is 1. The number of nitriles is 1. The van der Waals surface area contributed by atoms with Crippen LogP contribution in [0.5, 0.6) is 0 Å². The van der Waals surface area contributed by atoms with Crippen molar-refractivity contribution in [2.75, 3.05) is 23.3 Å². The molecule has 2 fully saturated rings. The Hall–Kier alpha value is -4.03. The molecule has 9 nitrogen and oxygen atoms in total. The fourth-order valence-corrected chi connectivity index (χ4v) is 5.49. The average molecular weight is 481 g/mol. The number of nitrogens with one attached hydrogen (secondary N) is 1.